The van der Waals surface area contributed by atoms with Crippen molar-refractivity contribution in [1.82, 2.24) is 9.78 Å². The number of rotatable bonds is 6. The average Bonchev–Trinajstić information content (AvgIpc) is 3.03. The number of carbonyl (C=O) groups is 2. The Morgan fingerprint density at radius 1 is 1.24 bits per heavy atom. The van der Waals surface area contributed by atoms with E-state index in [1.165, 1.54) is 0 Å². The number of carbonyl (C=O) groups excluding carboxylic acids is 2. The molecule has 0 atom stereocenters. The third-order valence-corrected chi connectivity index (χ3v) is 7.13. The van der Waals surface area contributed by atoms with Crippen molar-refractivity contribution in [2.24, 2.45) is 11.1 Å². The zero-order valence-corrected chi connectivity index (χ0v) is 20.5. The maximum atomic E-state index is 12.8. The Balaban J connectivity index is 1.61. The SMILES string of the molecule is Cc1nn(-c2ccc(C(N)=O)c(NC3CCC(OP(=O)(O)O)CC3)c2)c2c1C(=O)CC(C)(C)C2. The van der Waals surface area contributed by atoms with Crippen molar-refractivity contribution < 1.29 is 28.5 Å². The minimum Gasteiger partial charge on any atom is -0.382 e. The summed E-state index contributed by atoms with van der Waals surface area (Å²) in [7, 11) is -4.52. The van der Waals surface area contributed by atoms with Gasteiger partial charge in [-0.25, -0.2) is 9.25 Å². The molecule has 2 aliphatic carbocycles. The Hall–Kier alpha value is -2.52. The molecule has 1 fully saturated rings. The van der Waals surface area contributed by atoms with E-state index in [-0.39, 0.29) is 17.2 Å². The van der Waals surface area contributed by atoms with Crippen molar-refractivity contribution in [2.75, 3.05) is 5.32 Å². The second-order valence-corrected chi connectivity index (χ2v) is 11.3. The summed E-state index contributed by atoms with van der Waals surface area (Å²) in [4.78, 5) is 42.9. The van der Waals surface area contributed by atoms with Gasteiger partial charge in [0, 0.05) is 18.2 Å². The van der Waals surface area contributed by atoms with Crippen LogP contribution in [-0.4, -0.2) is 43.4 Å². The van der Waals surface area contributed by atoms with Gasteiger partial charge >= 0.3 is 7.82 Å². The van der Waals surface area contributed by atoms with Crippen LogP contribution in [0.15, 0.2) is 18.2 Å². The Bertz CT molecular complexity index is 1180. The van der Waals surface area contributed by atoms with E-state index >= 15 is 0 Å². The number of phosphoric ester groups is 1. The van der Waals surface area contributed by atoms with Gasteiger partial charge in [0.25, 0.3) is 5.91 Å². The molecule has 11 heteroatoms. The van der Waals surface area contributed by atoms with Gasteiger partial charge in [0.15, 0.2) is 5.78 Å². The molecule has 1 amide bonds. The van der Waals surface area contributed by atoms with E-state index in [9.17, 15) is 14.2 Å². The van der Waals surface area contributed by atoms with Crippen LogP contribution in [0.4, 0.5) is 5.69 Å². The van der Waals surface area contributed by atoms with Gasteiger partial charge in [-0.15, -0.1) is 0 Å². The average molecular weight is 490 g/mol. The maximum absolute atomic E-state index is 12.8. The monoisotopic (exact) mass is 490 g/mol. The normalized spacial score (nSPS) is 22.3. The number of hydrogen-bond donors (Lipinski definition) is 4. The van der Waals surface area contributed by atoms with Crippen LogP contribution in [0.2, 0.25) is 0 Å². The first kappa shape index (κ1) is 24.6. The van der Waals surface area contributed by atoms with E-state index in [0.717, 1.165) is 11.4 Å². The van der Waals surface area contributed by atoms with Crippen molar-refractivity contribution in [3.05, 3.63) is 40.7 Å². The summed E-state index contributed by atoms with van der Waals surface area (Å²) in [5.41, 5.74) is 9.30. The number of nitrogens with zero attached hydrogens (tertiary/aromatic N) is 2. The van der Waals surface area contributed by atoms with E-state index in [0.29, 0.717) is 61.0 Å². The molecule has 0 saturated heterocycles. The molecule has 0 unspecified atom stereocenters. The highest BCUT2D eigenvalue weighted by Gasteiger charge is 2.36. The number of primary amides is 1. The first-order valence-electron chi connectivity index (χ1n) is 11.4. The maximum Gasteiger partial charge on any atom is 0.469 e. The first-order valence-corrected chi connectivity index (χ1v) is 12.9. The number of nitrogens with two attached hydrogens (primary N) is 1. The third kappa shape index (κ3) is 5.25. The molecule has 1 heterocycles. The van der Waals surface area contributed by atoms with E-state index < -0.39 is 19.8 Å². The number of amides is 1. The summed E-state index contributed by atoms with van der Waals surface area (Å²) in [5, 5.41) is 8.02. The van der Waals surface area contributed by atoms with E-state index in [1.54, 1.807) is 16.8 Å². The van der Waals surface area contributed by atoms with Crippen LogP contribution in [0.3, 0.4) is 0 Å². The highest BCUT2D eigenvalue weighted by Crippen LogP contribution is 2.41. The molecule has 1 aromatic heterocycles. The van der Waals surface area contributed by atoms with Gasteiger partial charge in [-0.05, 0) is 62.6 Å². The summed E-state index contributed by atoms with van der Waals surface area (Å²) in [5.74, 6) is -0.473. The standard InChI is InChI=1S/C23H31N4O6P/c1-13-21-19(11-23(2,3)12-20(21)28)27(26-13)15-6-9-17(22(24)29)18(10-15)25-14-4-7-16(8-5-14)33-34(30,31)32/h6,9-10,14,16,25H,4-5,7-8,11-12H2,1-3H3,(H2,24,29)(H2,30,31,32). The third-order valence-electron chi connectivity index (χ3n) is 6.55. The second-order valence-electron chi connectivity index (χ2n) is 10.1. The van der Waals surface area contributed by atoms with Crippen LogP contribution in [0.25, 0.3) is 5.69 Å². The lowest BCUT2D eigenvalue weighted by atomic mass is 9.75. The van der Waals surface area contributed by atoms with Crippen molar-refractivity contribution in [3.8, 4) is 5.69 Å². The predicted molar refractivity (Wildman–Crippen MR) is 126 cm³/mol. The first-order chi connectivity index (χ1) is 15.8. The minimum absolute atomic E-state index is 0.0150. The summed E-state index contributed by atoms with van der Waals surface area (Å²) in [6.07, 6.45) is 2.89. The molecule has 2 aromatic rings. The number of phosphoric acid groups is 1. The van der Waals surface area contributed by atoms with E-state index in [2.05, 4.69) is 24.3 Å². The molecule has 34 heavy (non-hydrogen) atoms. The molecule has 2 aliphatic rings. The lowest BCUT2D eigenvalue weighted by molar-refractivity contribution is 0.0908. The second kappa shape index (κ2) is 8.92. The molecular weight excluding hydrogens is 459 g/mol. The number of aryl methyl sites for hydroxylation is 1. The summed E-state index contributed by atoms with van der Waals surface area (Å²) >= 11 is 0. The van der Waals surface area contributed by atoms with Crippen molar-refractivity contribution in [2.45, 2.75) is 71.4 Å². The van der Waals surface area contributed by atoms with Gasteiger partial charge in [0.2, 0.25) is 0 Å². The Morgan fingerprint density at radius 3 is 2.53 bits per heavy atom. The van der Waals surface area contributed by atoms with Gasteiger partial charge in [-0.2, -0.15) is 5.10 Å². The van der Waals surface area contributed by atoms with Gasteiger partial charge in [-0.1, -0.05) is 13.8 Å². The van der Waals surface area contributed by atoms with E-state index in [4.69, 9.17) is 20.0 Å². The highest BCUT2D eigenvalue weighted by atomic mass is 31.2. The minimum atomic E-state index is -4.52. The number of fused-ring (bicyclic) bond motifs is 1. The number of ketones is 1. The number of benzene rings is 1. The number of nitrogens with one attached hydrogen (secondary N) is 1. The molecule has 0 aliphatic heterocycles. The van der Waals surface area contributed by atoms with Crippen molar-refractivity contribution >= 4 is 25.2 Å². The largest absolute Gasteiger partial charge is 0.469 e. The quantitative estimate of drug-likeness (QED) is 0.450. The van der Waals surface area contributed by atoms with Gasteiger partial charge in [-0.3, -0.25) is 14.1 Å². The van der Waals surface area contributed by atoms with Crippen LogP contribution in [-0.2, 0) is 15.5 Å². The van der Waals surface area contributed by atoms with Crippen molar-refractivity contribution in [3.63, 3.8) is 0 Å². The lowest BCUT2D eigenvalue weighted by Crippen LogP contribution is -2.30. The lowest BCUT2D eigenvalue weighted by Gasteiger charge is -2.30. The number of anilines is 1. The molecule has 10 nitrogen and oxygen atoms in total. The fourth-order valence-corrected chi connectivity index (χ4v) is 5.68. The summed E-state index contributed by atoms with van der Waals surface area (Å²) in [6.45, 7) is 5.97. The van der Waals surface area contributed by atoms with Crippen LogP contribution in [0.5, 0.6) is 0 Å². The number of hydrogen-bond acceptors (Lipinski definition) is 6. The molecule has 0 bridgehead atoms. The summed E-state index contributed by atoms with van der Waals surface area (Å²) in [6, 6.07) is 5.23. The Kier molecular flexibility index (Phi) is 6.46. The fraction of sp³-hybridized carbons (Fsp3) is 0.522. The Labute approximate surface area is 198 Å². The molecule has 0 radical (unpaired) electrons. The molecule has 1 saturated carbocycles. The molecule has 184 valence electrons. The molecule has 0 spiro atoms. The predicted octanol–water partition coefficient (Wildman–Crippen LogP) is 3.27. The van der Waals surface area contributed by atoms with Crippen LogP contribution >= 0.6 is 7.82 Å². The van der Waals surface area contributed by atoms with Gasteiger partial charge in [0.05, 0.1) is 34.3 Å². The van der Waals surface area contributed by atoms with Crippen LogP contribution in [0, 0.1) is 12.3 Å². The van der Waals surface area contributed by atoms with Crippen LogP contribution < -0.4 is 11.1 Å². The summed E-state index contributed by atoms with van der Waals surface area (Å²) < 4.78 is 17.7. The molecule has 4 rings (SSSR count). The highest BCUT2D eigenvalue weighted by molar-refractivity contribution is 7.46. The smallest absolute Gasteiger partial charge is 0.382 e. The van der Waals surface area contributed by atoms with Crippen LogP contribution in [0.1, 0.15) is 78.1 Å². The molecular formula is C23H31N4O6P. The topological polar surface area (TPSA) is 157 Å². The van der Waals surface area contributed by atoms with Crippen molar-refractivity contribution in [1.29, 1.82) is 0 Å². The molecule has 5 N–H and O–H groups in total. The van der Waals surface area contributed by atoms with Gasteiger partial charge < -0.3 is 20.8 Å². The van der Waals surface area contributed by atoms with E-state index in [1.807, 2.05) is 13.0 Å². The zero-order chi connectivity index (χ0) is 24.8. The number of Topliss-reactive ketones (excluding diaryl/α,β-unsaturated/α-hetero) is 1. The Morgan fingerprint density at radius 2 is 1.91 bits per heavy atom. The van der Waals surface area contributed by atoms with Gasteiger partial charge in [0.1, 0.15) is 0 Å². The molecule has 1 aromatic carbocycles. The number of aromatic nitrogens is 2. The zero-order valence-electron chi connectivity index (χ0n) is 19.6. The fourth-order valence-electron chi connectivity index (χ4n) is 5.08.